The molecule has 1 N–H and O–H groups in total. The van der Waals surface area contributed by atoms with Crippen molar-refractivity contribution >= 4 is 38.2 Å². The Labute approximate surface area is 124 Å². The molecule has 0 amide bonds. The summed E-state index contributed by atoms with van der Waals surface area (Å²) in [4.78, 5) is 1.23. The molecule has 0 bridgehead atoms. The van der Waals surface area contributed by atoms with Crippen molar-refractivity contribution in [3.05, 3.63) is 56.4 Å². The third-order valence-corrected chi connectivity index (χ3v) is 5.11. The molecule has 2 aromatic heterocycles. The summed E-state index contributed by atoms with van der Waals surface area (Å²) in [5, 5.41) is 6.56. The second kappa shape index (κ2) is 5.12. The standard InChI is InChI=1S/C15H14BrNOS/c1-9-3-4-12-10(7-9)8-13(18-12)14(17-2)15-11(16)5-6-19-15/h3-8,14,17H,1-2H3. The predicted octanol–water partition coefficient (Wildman–Crippen LogP) is 4.87. The van der Waals surface area contributed by atoms with Crippen molar-refractivity contribution in [3.8, 4) is 0 Å². The molecule has 2 heterocycles. The van der Waals surface area contributed by atoms with Gasteiger partial charge in [-0.2, -0.15) is 0 Å². The van der Waals surface area contributed by atoms with Gasteiger partial charge >= 0.3 is 0 Å². The van der Waals surface area contributed by atoms with E-state index in [-0.39, 0.29) is 6.04 Å². The van der Waals surface area contributed by atoms with Gasteiger partial charge in [0, 0.05) is 14.7 Å². The number of rotatable bonds is 3. The zero-order valence-electron chi connectivity index (χ0n) is 10.7. The maximum absolute atomic E-state index is 5.98. The Morgan fingerprint density at radius 2 is 2.11 bits per heavy atom. The van der Waals surface area contributed by atoms with Crippen LogP contribution < -0.4 is 5.32 Å². The highest BCUT2D eigenvalue weighted by molar-refractivity contribution is 9.10. The normalized spacial score (nSPS) is 13.0. The van der Waals surface area contributed by atoms with Gasteiger partial charge in [-0.15, -0.1) is 11.3 Å². The van der Waals surface area contributed by atoms with Crippen LogP contribution in [0.4, 0.5) is 0 Å². The lowest BCUT2D eigenvalue weighted by atomic mass is 10.1. The Morgan fingerprint density at radius 1 is 1.26 bits per heavy atom. The lowest BCUT2D eigenvalue weighted by Gasteiger charge is -2.12. The van der Waals surface area contributed by atoms with Gasteiger partial charge in [-0.25, -0.2) is 0 Å². The van der Waals surface area contributed by atoms with Crippen LogP contribution in [-0.4, -0.2) is 7.05 Å². The number of thiophene rings is 1. The Morgan fingerprint density at radius 3 is 2.79 bits per heavy atom. The van der Waals surface area contributed by atoms with Crippen LogP contribution >= 0.6 is 27.3 Å². The highest BCUT2D eigenvalue weighted by atomic mass is 79.9. The number of hydrogen-bond acceptors (Lipinski definition) is 3. The van der Waals surface area contributed by atoms with E-state index in [1.807, 2.05) is 13.1 Å². The number of aryl methyl sites for hydroxylation is 1. The molecule has 3 rings (SSSR count). The van der Waals surface area contributed by atoms with Crippen molar-refractivity contribution in [3.63, 3.8) is 0 Å². The van der Waals surface area contributed by atoms with Gasteiger partial charge < -0.3 is 9.73 Å². The summed E-state index contributed by atoms with van der Waals surface area (Å²) in [6, 6.07) is 10.5. The molecule has 4 heteroatoms. The summed E-state index contributed by atoms with van der Waals surface area (Å²) in [6.07, 6.45) is 0. The topological polar surface area (TPSA) is 25.2 Å². The number of nitrogens with one attached hydrogen (secondary N) is 1. The van der Waals surface area contributed by atoms with Gasteiger partial charge in [-0.1, -0.05) is 11.6 Å². The van der Waals surface area contributed by atoms with Crippen LogP contribution in [0.3, 0.4) is 0 Å². The van der Waals surface area contributed by atoms with Crippen LogP contribution in [0.5, 0.6) is 0 Å². The molecule has 2 nitrogen and oxygen atoms in total. The quantitative estimate of drug-likeness (QED) is 0.738. The van der Waals surface area contributed by atoms with Crippen LogP contribution in [0.1, 0.15) is 22.2 Å². The maximum Gasteiger partial charge on any atom is 0.134 e. The summed E-state index contributed by atoms with van der Waals surface area (Å²) in [6.45, 7) is 2.09. The predicted molar refractivity (Wildman–Crippen MR) is 83.9 cm³/mol. The summed E-state index contributed by atoms with van der Waals surface area (Å²) < 4.78 is 7.10. The molecule has 0 spiro atoms. The van der Waals surface area contributed by atoms with Crippen LogP contribution in [-0.2, 0) is 0 Å². The van der Waals surface area contributed by atoms with Crippen LogP contribution in [0.15, 0.2) is 44.6 Å². The van der Waals surface area contributed by atoms with Crippen LogP contribution in [0.25, 0.3) is 11.0 Å². The minimum atomic E-state index is 0.0853. The Kier molecular flexibility index (Phi) is 3.48. The van der Waals surface area contributed by atoms with E-state index in [2.05, 4.69) is 57.8 Å². The smallest absolute Gasteiger partial charge is 0.134 e. The summed E-state index contributed by atoms with van der Waals surface area (Å²) in [7, 11) is 1.95. The number of furan rings is 1. The summed E-state index contributed by atoms with van der Waals surface area (Å²) in [5.74, 6) is 0.950. The van der Waals surface area contributed by atoms with E-state index in [0.717, 1.165) is 21.2 Å². The average Bonchev–Trinajstić information content (AvgIpc) is 2.97. The van der Waals surface area contributed by atoms with E-state index < -0.39 is 0 Å². The molecular weight excluding hydrogens is 322 g/mol. The van der Waals surface area contributed by atoms with Gasteiger partial charge in [-0.3, -0.25) is 0 Å². The minimum Gasteiger partial charge on any atom is -0.459 e. The van der Waals surface area contributed by atoms with E-state index in [1.54, 1.807) is 11.3 Å². The van der Waals surface area contributed by atoms with Crippen LogP contribution in [0, 0.1) is 6.92 Å². The number of hydrogen-bond donors (Lipinski definition) is 1. The highest BCUT2D eigenvalue weighted by Crippen LogP contribution is 2.35. The number of fused-ring (bicyclic) bond motifs is 1. The van der Waals surface area contributed by atoms with E-state index in [4.69, 9.17) is 4.42 Å². The fourth-order valence-corrected chi connectivity index (χ4v) is 3.96. The van der Waals surface area contributed by atoms with Gasteiger partial charge in [0.15, 0.2) is 0 Å². The number of halogens is 1. The van der Waals surface area contributed by atoms with Gasteiger partial charge in [-0.05, 0) is 59.5 Å². The zero-order chi connectivity index (χ0) is 13.4. The molecule has 98 valence electrons. The van der Waals surface area contributed by atoms with Gasteiger partial charge in [0.25, 0.3) is 0 Å². The fraction of sp³-hybridized carbons (Fsp3) is 0.200. The molecule has 1 unspecified atom stereocenters. The average molecular weight is 336 g/mol. The summed E-state index contributed by atoms with van der Waals surface area (Å²) >= 11 is 5.31. The summed E-state index contributed by atoms with van der Waals surface area (Å²) in [5.41, 5.74) is 2.19. The van der Waals surface area contributed by atoms with Crippen LogP contribution in [0.2, 0.25) is 0 Å². The van der Waals surface area contributed by atoms with Crippen molar-refractivity contribution in [2.45, 2.75) is 13.0 Å². The highest BCUT2D eigenvalue weighted by Gasteiger charge is 2.20. The second-order valence-electron chi connectivity index (χ2n) is 4.54. The van der Waals surface area contributed by atoms with E-state index >= 15 is 0 Å². The first-order chi connectivity index (χ1) is 9.19. The first-order valence-corrected chi connectivity index (χ1v) is 7.76. The lowest BCUT2D eigenvalue weighted by molar-refractivity contribution is 0.494. The molecule has 0 saturated heterocycles. The van der Waals surface area contributed by atoms with E-state index in [1.165, 1.54) is 10.4 Å². The molecule has 0 fully saturated rings. The zero-order valence-corrected chi connectivity index (χ0v) is 13.1. The molecule has 1 atom stereocenters. The van der Waals surface area contributed by atoms with Crippen molar-refractivity contribution in [2.24, 2.45) is 0 Å². The van der Waals surface area contributed by atoms with Gasteiger partial charge in [0.1, 0.15) is 17.4 Å². The van der Waals surface area contributed by atoms with Gasteiger partial charge in [0.2, 0.25) is 0 Å². The lowest BCUT2D eigenvalue weighted by Crippen LogP contribution is -2.16. The monoisotopic (exact) mass is 335 g/mol. The van der Waals surface area contributed by atoms with E-state index in [9.17, 15) is 0 Å². The fourth-order valence-electron chi connectivity index (χ4n) is 2.24. The number of benzene rings is 1. The Balaban J connectivity index is 2.09. The van der Waals surface area contributed by atoms with Crippen molar-refractivity contribution in [1.82, 2.24) is 5.32 Å². The van der Waals surface area contributed by atoms with Gasteiger partial charge in [0.05, 0.1) is 0 Å². The third kappa shape index (κ3) is 2.36. The molecule has 0 aliphatic rings. The maximum atomic E-state index is 5.98. The molecule has 0 radical (unpaired) electrons. The first-order valence-electron chi connectivity index (χ1n) is 6.09. The van der Waals surface area contributed by atoms with E-state index in [0.29, 0.717) is 0 Å². The molecule has 0 saturated carbocycles. The van der Waals surface area contributed by atoms with Crippen molar-refractivity contribution in [2.75, 3.05) is 7.05 Å². The Bertz CT molecular complexity index is 716. The van der Waals surface area contributed by atoms with Crippen molar-refractivity contribution in [1.29, 1.82) is 0 Å². The molecule has 1 aromatic carbocycles. The second-order valence-corrected chi connectivity index (χ2v) is 6.35. The molecule has 3 aromatic rings. The SMILES string of the molecule is CNC(c1cc2cc(C)ccc2o1)c1sccc1Br. The minimum absolute atomic E-state index is 0.0853. The molecule has 0 aliphatic heterocycles. The van der Waals surface area contributed by atoms with Crippen molar-refractivity contribution < 1.29 is 4.42 Å². The molecule has 0 aliphatic carbocycles. The largest absolute Gasteiger partial charge is 0.459 e. The first kappa shape index (κ1) is 12.9. The molecular formula is C15H14BrNOS. The Hall–Kier alpha value is -1.10. The third-order valence-electron chi connectivity index (χ3n) is 3.17. The molecule has 19 heavy (non-hydrogen) atoms.